The standard InChI is InChI=1S/C19H19ClF6N2O4/c20-12-3-1-11(2-4-12)17(32-16(30)19(24,25)26)5-7-28(8-6-17)13-9-27-10-14(13)31-15(29)18(21,22)23/h1-4,13-14,27H,5-10H2/t13-,14?/m1/s1. The van der Waals surface area contributed by atoms with Crippen LogP contribution in [0.5, 0.6) is 0 Å². The molecule has 0 spiro atoms. The number of alkyl halides is 6. The molecule has 0 amide bonds. The molecule has 0 aromatic heterocycles. The van der Waals surface area contributed by atoms with Gasteiger partial charge in [-0.3, -0.25) is 4.90 Å². The quantitative estimate of drug-likeness (QED) is 0.519. The van der Waals surface area contributed by atoms with Crippen LogP contribution < -0.4 is 5.32 Å². The Morgan fingerprint density at radius 3 is 2.06 bits per heavy atom. The summed E-state index contributed by atoms with van der Waals surface area (Å²) >= 11 is 5.85. The zero-order valence-corrected chi connectivity index (χ0v) is 17.2. The maximum absolute atomic E-state index is 12.9. The maximum atomic E-state index is 12.9. The number of likely N-dealkylation sites (tertiary alicyclic amines) is 1. The van der Waals surface area contributed by atoms with Gasteiger partial charge in [-0.1, -0.05) is 23.7 Å². The minimum Gasteiger partial charge on any atom is -0.453 e. The van der Waals surface area contributed by atoms with Crippen LogP contribution in [0.3, 0.4) is 0 Å². The second kappa shape index (κ2) is 9.06. The van der Waals surface area contributed by atoms with Gasteiger partial charge in [-0.15, -0.1) is 0 Å². The summed E-state index contributed by atoms with van der Waals surface area (Å²) in [5.41, 5.74) is -1.26. The van der Waals surface area contributed by atoms with E-state index >= 15 is 0 Å². The summed E-state index contributed by atoms with van der Waals surface area (Å²) in [5.74, 6) is -4.64. The van der Waals surface area contributed by atoms with E-state index in [0.29, 0.717) is 10.6 Å². The molecule has 2 fully saturated rings. The first-order valence-corrected chi connectivity index (χ1v) is 9.98. The average molecular weight is 489 g/mol. The number of carbonyl (C=O) groups is 2. The van der Waals surface area contributed by atoms with E-state index in [-0.39, 0.29) is 39.0 Å². The molecule has 1 unspecified atom stereocenters. The summed E-state index contributed by atoms with van der Waals surface area (Å²) in [5, 5.41) is 3.19. The van der Waals surface area contributed by atoms with Crippen LogP contribution in [0, 0.1) is 0 Å². The second-order valence-electron chi connectivity index (χ2n) is 7.59. The lowest BCUT2D eigenvalue weighted by molar-refractivity contribution is -0.220. The van der Waals surface area contributed by atoms with Crippen molar-refractivity contribution in [3.8, 4) is 0 Å². The highest BCUT2D eigenvalue weighted by molar-refractivity contribution is 6.30. The molecule has 1 aromatic rings. The van der Waals surface area contributed by atoms with E-state index in [2.05, 4.69) is 10.1 Å². The Balaban J connectivity index is 1.75. The minimum absolute atomic E-state index is 0.00831. The van der Waals surface area contributed by atoms with E-state index in [4.69, 9.17) is 16.3 Å². The molecule has 3 rings (SSSR count). The van der Waals surface area contributed by atoms with Gasteiger partial charge in [-0.25, -0.2) is 9.59 Å². The molecule has 178 valence electrons. The number of rotatable bonds is 4. The Morgan fingerprint density at radius 1 is 0.969 bits per heavy atom. The lowest BCUT2D eigenvalue weighted by Crippen LogP contribution is -2.53. The molecule has 2 atom stereocenters. The molecule has 2 aliphatic rings. The Hall–Kier alpha value is -2.05. The summed E-state index contributed by atoms with van der Waals surface area (Å²) in [6, 6.07) is 5.24. The van der Waals surface area contributed by atoms with Crippen molar-refractivity contribution in [2.75, 3.05) is 26.2 Å². The summed E-state index contributed by atoms with van der Waals surface area (Å²) in [6.45, 7) is 0.431. The highest BCUT2D eigenvalue weighted by atomic mass is 35.5. The molecular formula is C19H19ClF6N2O4. The van der Waals surface area contributed by atoms with Gasteiger partial charge in [-0.05, 0) is 17.7 Å². The van der Waals surface area contributed by atoms with Crippen molar-refractivity contribution in [1.82, 2.24) is 10.2 Å². The molecule has 0 radical (unpaired) electrons. The number of ether oxygens (including phenoxy) is 2. The number of halogens is 7. The maximum Gasteiger partial charge on any atom is 0.490 e. The van der Waals surface area contributed by atoms with Crippen molar-refractivity contribution in [1.29, 1.82) is 0 Å². The Bertz CT molecular complexity index is 838. The van der Waals surface area contributed by atoms with Crippen molar-refractivity contribution in [3.63, 3.8) is 0 Å². The van der Waals surface area contributed by atoms with Gasteiger partial charge in [0.15, 0.2) is 0 Å². The number of nitrogens with one attached hydrogen (secondary N) is 1. The van der Waals surface area contributed by atoms with Crippen LogP contribution in [-0.4, -0.2) is 67.5 Å². The third-order valence-electron chi connectivity index (χ3n) is 5.58. The van der Waals surface area contributed by atoms with Gasteiger partial charge in [-0.2, -0.15) is 26.3 Å². The highest BCUT2D eigenvalue weighted by Crippen LogP contribution is 2.40. The molecule has 0 bridgehead atoms. The predicted molar refractivity (Wildman–Crippen MR) is 98.7 cm³/mol. The van der Waals surface area contributed by atoms with Crippen molar-refractivity contribution in [2.45, 2.75) is 42.9 Å². The lowest BCUT2D eigenvalue weighted by atomic mass is 9.83. The smallest absolute Gasteiger partial charge is 0.453 e. The third kappa shape index (κ3) is 5.46. The monoisotopic (exact) mass is 488 g/mol. The van der Waals surface area contributed by atoms with Crippen molar-refractivity contribution < 1.29 is 45.4 Å². The Morgan fingerprint density at radius 2 is 1.53 bits per heavy atom. The molecule has 1 aromatic carbocycles. The number of hydrogen-bond donors (Lipinski definition) is 1. The number of esters is 2. The van der Waals surface area contributed by atoms with E-state index in [9.17, 15) is 35.9 Å². The van der Waals surface area contributed by atoms with Crippen molar-refractivity contribution in [2.24, 2.45) is 0 Å². The Labute approximate surface area is 183 Å². The number of piperidine rings is 1. The van der Waals surface area contributed by atoms with Gasteiger partial charge in [0.2, 0.25) is 0 Å². The van der Waals surface area contributed by atoms with Crippen LogP contribution in [0.15, 0.2) is 24.3 Å². The average Bonchev–Trinajstić information content (AvgIpc) is 3.15. The van der Waals surface area contributed by atoms with E-state index in [1.807, 2.05) is 0 Å². The number of nitrogens with zero attached hydrogens (tertiary/aromatic N) is 1. The molecule has 1 N–H and O–H groups in total. The van der Waals surface area contributed by atoms with Crippen LogP contribution in [0.1, 0.15) is 18.4 Å². The summed E-state index contributed by atoms with van der Waals surface area (Å²) < 4.78 is 85.8. The van der Waals surface area contributed by atoms with Gasteiger partial charge < -0.3 is 14.8 Å². The summed E-state index contributed by atoms with van der Waals surface area (Å²) in [6.07, 6.45) is -11.5. The molecule has 13 heteroatoms. The Kier molecular flexibility index (Phi) is 6.97. The highest BCUT2D eigenvalue weighted by Gasteiger charge is 2.50. The van der Waals surface area contributed by atoms with Gasteiger partial charge in [0.05, 0.1) is 6.04 Å². The first-order valence-electron chi connectivity index (χ1n) is 9.61. The first kappa shape index (κ1) is 24.6. The summed E-state index contributed by atoms with van der Waals surface area (Å²) in [4.78, 5) is 24.5. The molecule has 2 aliphatic heterocycles. The molecular weight excluding hydrogens is 470 g/mol. The molecule has 2 saturated heterocycles. The van der Waals surface area contributed by atoms with Crippen LogP contribution in [-0.2, 0) is 24.7 Å². The molecule has 32 heavy (non-hydrogen) atoms. The zero-order valence-electron chi connectivity index (χ0n) is 16.4. The van der Waals surface area contributed by atoms with Gasteiger partial charge in [0, 0.05) is 44.0 Å². The van der Waals surface area contributed by atoms with Gasteiger partial charge in [0.25, 0.3) is 0 Å². The van der Waals surface area contributed by atoms with Crippen molar-refractivity contribution >= 4 is 23.5 Å². The molecule has 0 aliphatic carbocycles. The first-order chi connectivity index (χ1) is 14.8. The molecule has 2 heterocycles. The topological polar surface area (TPSA) is 67.9 Å². The number of hydrogen-bond acceptors (Lipinski definition) is 6. The van der Waals surface area contributed by atoms with E-state index < -0.39 is 42.0 Å². The molecule has 6 nitrogen and oxygen atoms in total. The zero-order chi connectivity index (χ0) is 23.7. The second-order valence-corrected chi connectivity index (χ2v) is 8.03. The van der Waals surface area contributed by atoms with E-state index in [1.54, 1.807) is 4.90 Å². The minimum atomic E-state index is -5.19. The van der Waals surface area contributed by atoms with Crippen LogP contribution in [0.2, 0.25) is 5.02 Å². The van der Waals surface area contributed by atoms with Crippen molar-refractivity contribution in [3.05, 3.63) is 34.9 Å². The number of benzene rings is 1. The predicted octanol–water partition coefficient (Wildman–Crippen LogP) is 3.18. The number of carbonyl (C=O) groups excluding carboxylic acids is 2. The SMILES string of the molecule is O=C(OC1CNC[C@H]1N1CCC(OC(=O)C(F)(F)F)(c2ccc(Cl)cc2)CC1)C(F)(F)F. The summed E-state index contributed by atoms with van der Waals surface area (Å²) in [7, 11) is 0. The fourth-order valence-corrected chi connectivity index (χ4v) is 4.11. The largest absolute Gasteiger partial charge is 0.490 e. The lowest BCUT2D eigenvalue weighted by Gasteiger charge is -2.44. The third-order valence-corrected chi connectivity index (χ3v) is 5.83. The molecule has 0 saturated carbocycles. The fraction of sp³-hybridized carbons (Fsp3) is 0.579. The van der Waals surface area contributed by atoms with Gasteiger partial charge in [0.1, 0.15) is 11.7 Å². The van der Waals surface area contributed by atoms with Crippen LogP contribution in [0.25, 0.3) is 0 Å². The fourth-order valence-electron chi connectivity index (χ4n) is 3.99. The van der Waals surface area contributed by atoms with Crippen LogP contribution in [0.4, 0.5) is 26.3 Å². The van der Waals surface area contributed by atoms with Gasteiger partial charge >= 0.3 is 24.3 Å². The van der Waals surface area contributed by atoms with E-state index in [1.165, 1.54) is 24.3 Å². The normalized spacial score (nSPS) is 24.2. The van der Waals surface area contributed by atoms with E-state index in [0.717, 1.165) is 0 Å². The van der Waals surface area contributed by atoms with Crippen LogP contribution >= 0.6 is 11.6 Å².